The molecule has 0 fully saturated rings. The molecule has 31 heavy (non-hydrogen) atoms. The summed E-state index contributed by atoms with van der Waals surface area (Å²) in [6.45, 7) is 1.75. The van der Waals surface area contributed by atoms with Crippen molar-refractivity contribution in [2.45, 2.75) is 6.92 Å². The SMILES string of the molecule is COc1cc(/C=N/NC(=O)c2ccncc2)ccc1OCC(=O)Nc1ccccc1C. The molecule has 3 aromatic rings. The number of hydrazone groups is 1. The monoisotopic (exact) mass is 418 g/mol. The number of methoxy groups -OCH3 is 1. The van der Waals surface area contributed by atoms with E-state index in [1.54, 1.807) is 30.3 Å². The van der Waals surface area contributed by atoms with Crippen LogP contribution in [0.2, 0.25) is 0 Å². The Kier molecular flexibility index (Phi) is 7.31. The molecule has 0 unspecified atom stereocenters. The Bertz CT molecular complexity index is 1080. The predicted octanol–water partition coefficient (Wildman–Crippen LogP) is 3.18. The number of aromatic nitrogens is 1. The van der Waals surface area contributed by atoms with Crippen LogP contribution in [0, 0.1) is 6.92 Å². The van der Waals surface area contributed by atoms with Crippen LogP contribution in [0.3, 0.4) is 0 Å². The van der Waals surface area contributed by atoms with E-state index < -0.39 is 0 Å². The normalized spacial score (nSPS) is 10.5. The number of nitrogens with one attached hydrogen (secondary N) is 2. The van der Waals surface area contributed by atoms with Gasteiger partial charge in [0.15, 0.2) is 18.1 Å². The van der Waals surface area contributed by atoms with Crippen LogP contribution in [-0.2, 0) is 4.79 Å². The van der Waals surface area contributed by atoms with Crippen LogP contribution in [-0.4, -0.2) is 36.7 Å². The number of carbonyl (C=O) groups excluding carboxylic acids is 2. The lowest BCUT2D eigenvalue weighted by Crippen LogP contribution is -2.20. The third-order valence-corrected chi connectivity index (χ3v) is 4.29. The van der Waals surface area contributed by atoms with Crippen LogP contribution in [0.5, 0.6) is 11.5 Å². The van der Waals surface area contributed by atoms with E-state index in [0.717, 1.165) is 11.3 Å². The van der Waals surface area contributed by atoms with Gasteiger partial charge in [0, 0.05) is 23.6 Å². The average Bonchev–Trinajstić information content (AvgIpc) is 2.80. The van der Waals surface area contributed by atoms with Crippen molar-refractivity contribution in [2.24, 2.45) is 5.10 Å². The number of amides is 2. The second kappa shape index (κ2) is 10.5. The second-order valence-electron chi connectivity index (χ2n) is 6.50. The zero-order chi connectivity index (χ0) is 22.1. The fourth-order valence-corrected chi connectivity index (χ4v) is 2.66. The van der Waals surface area contributed by atoms with Crippen LogP contribution >= 0.6 is 0 Å². The molecular weight excluding hydrogens is 396 g/mol. The number of hydrogen-bond acceptors (Lipinski definition) is 6. The number of nitrogens with zero attached hydrogens (tertiary/aromatic N) is 2. The molecule has 3 rings (SSSR count). The Labute approximate surface area is 179 Å². The summed E-state index contributed by atoms with van der Waals surface area (Å²) in [5.74, 6) is 0.236. The molecule has 8 nitrogen and oxygen atoms in total. The maximum atomic E-state index is 12.2. The molecule has 1 heterocycles. The van der Waals surface area contributed by atoms with Gasteiger partial charge in [0.1, 0.15) is 0 Å². The molecule has 2 amide bonds. The summed E-state index contributed by atoms with van der Waals surface area (Å²) in [6, 6.07) is 15.8. The highest BCUT2D eigenvalue weighted by Crippen LogP contribution is 2.27. The summed E-state index contributed by atoms with van der Waals surface area (Å²) in [4.78, 5) is 28.0. The van der Waals surface area contributed by atoms with Crippen molar-refractivity contribution in [3.63, 3.8) is 0 Å². The van der Waals surface area contributed by atoms with E-state index >= 15 is 0 Å². The van der Waals surface area contributed by atoms with Crippen molar-refractivity contribution < 1.29 is 19.1 Å². The summed E-state index contributed by atoms with van der Waals surface area (Å²) in [5, 5.41) is 6.76. The van der Waals surface area contributed by atoms with E-state index in [1.807, 2.05) is 31.2 Å². The van der Waals surface area contributed by atoms with Gasteiger partial charge in [0.25, 0.3) is 11.8 Å². The molecule has 0 aliphatic heterocycles. The van der Waals surface area contributed by atoms with Gasteiger partial charge in [-0.25, -0.2) is 5.43 Å². The first-order valence-corrected chi connectivity index (χ1v) is 9.46. The molecular formula is C23H22N4O4. The van der Waals surface area contributed by atoms with Crippen molar-refractivity contribution in [2.75, 3.05) is 19.0 Å². The lowest BCUT2D eigenvalue weighted by atomic mass is 10.2. The number of benzene rings is 2. The minimum Gasteiger partial charge on any atom is -0.493 e. The lowest BCUT2D eigenvalue weighted by Gasteiger charge is -2.12. The molecule has 0 aliphatic rings. The first kappa shape index (κ1) is 21.5. The van der Waals surface area contributed by atoms with Crippen molar-refractivity contribution in [1.29, 1.82) is 0 Å². The van der Waals surface area contributed by atoms with Gasteiger partial charge in [-0.15, -0.1) is 0 Å². The Morgan fingerprint density at radius 3 is 2.58 bits per heavy atom. The van der Waals surface area contributed by atoms with Crippen molar-refractivity contribution in [1.82, 2.24) is 10.4 Å². The van der Waals surface area contributed by atoms with E-state index in [-0.39, 0.29) is 18.4 Å². The highest BCUT2D eigenvalue weighted by Gasteiger charge is 2.10. The molecule has 0 bridgehead atoms. The van der Waals surface area contributed by atoms with E-state index in [9.17, 15) is 9.59 Å². The van der Waals surface area contributed by atoms with E-state index in [0.29, 0.717) is 22.6 Å². The van der Waals surface area contributed by atoms with Crippen molar-refractivity contribution in [3.05, 3.63) is 83.7 Å². The van der Waals surface area contributed by atoms with Crippen molar-refractivity contribution >= 4 is 23.7 Å². The fourth-order valence-electron chi connectivity index (χ4n) is 2.66. The minimum absolute atomic E-state index is 0.167. The first-order chi connectivity index (χ1) is 15.1. The largest absolute Gasteiger partial charge is 0.493 e. The van der Waals surface area contributed by atoms with Gasteiger partial charge in [-0.1, -0.05) is 18.2 Å². The smallest absolute Gasteiger partial charge is 0.271 e. The number of rotatable bonds is 8. The molecule has 0 atom stereocenters. The Balaban J connectivity index is 1.57. The van der Waals surface area contributed by atoms with E-state index in [2.05, 4.69) is 20.8 Å². The molecule has 0 spiro atoms. The Morgan fingerprint density at radius 2 is 1.84 bits per heavy atom. The van der Waals surface area contributed by atoms with Crippen LogP contribution in [0.4, 0.5) is 5.69 Å². The quantitative estimate of drug-likeness (QED) is 0.432. The molecule has 1 aromatic heterocycles. The summed E-state index contributed by atoms with van der Waals surface area (Å²) in [6.07, 6.45) is 4.54. The summed E-state index contributed by atoms with van der Waals surface area (Å²) in [5.41, 5.74) is 5.29. The van der Waals surface area contributed by atoms with Crippen LogP contribution < -0.4 is 20.2 Å². The molecule has 158 valence electrons. The highest BCUT2D eigenvalue weighted by molar-refractivity contribution is 5.95. The molecule has 0 radical (unpaired) electrons. The summed E-state index contributed by atoms with van der Waals surface area (Å²) >= 11 is 0. The molecule has 2 N–H and O–H groups in total. The standard InChI is InChI=1S/C23H22N4O4/c1-16-5-3-4-6-19(16)26-22(28)15-31-20-8-7-17(13-21(20)30-2)14-25-27-23(29)18-9-11-24-12-10-18/h3-14H,15H2,1-2H3,(H,26,28)(H,27,29)/b25-14+. The molecule has 0 aliphatic carbocycles. The van der Waals surface area contributed by atoms with Gasteiger partial charge in [-0.2, -0.15) is 5.10 Å². The lowest BCUT2D eigenvalue weighted by molar-refractivity contribution is -0.118. The molecule has 8 heteroatoms. The number of pyridine rings is 1. The van der Waals surface area contributed by atoms with Gasteiger partial charge in [-0.05, 0) is 54.4 Å². The third kappa shape index (κ3) is 6.14. The van der Waals surface area contributed by atoms with Crippen LogP contribution in [0.25, 0.3) is 0 Å². The van der Waals surface area contributed by atoms with Gasteiger partial charge < -0.3 is 14.8 Å². The summed E-state index contributed by atoms with van der Waals surface area (Å²) in [7, 11) is 1.50. The highest BCUT2D eigenvalue weighted by atomic mass is 16.5. The van der Waals surface area contributed by atoms with E-state index in [1.165, 1.54) is 25.7 Å². The average molecular weight is 418 g/mol. The van der Waals surface area contributed by atoms with Crippen LogP contribution in [0.1, 0.15) is 21.5 Å². The molecule has 2 aromatic carbocycles. The second-order valence-corrected chi connectivity index (χ2v) is 6.50. The number of carbonyl (C=O) groups is 2. The van der Waals surface area contributed by atoms with Gasteiger partial charge in [0.2, 0.25) is 0 Å². The van der Waals surface area contributed by atoms with Gasteiger partial charge in [0.05, 0.1) is 13.3 Å². The number of para-hydroxylation sites is 1. The topological polar surface area (TPSA) is 102 Å². The van der Waals surface area contributed by atoms with E-state index in [4.69, 9.17) is 9.47 Å². The number of ether oxygens (including phenoxy) is 2. The molecule has 0 saturated heterocycles. The maximum Gasteiger partial charge on any atom is 0.271 e. The zero-order valence-corrected chi connectivity index (χ0v) is 17.2. The Hall–Kier alpha value is -4.20. The third-order valence-electron chi connectivity index (χ3n) is 4.29. The van der Waals surface area contributed by atoms with Crippen LogP contribution in [0.15, 0.2) is 72.1 Å². The summed E-state index contributed by atoms with van der Waals surface area (Å²) < 4.78 is 10.9. The number of hydrogen-bond donors (Lipinski definition) is 2. The van der Waals surface area contributed by atoms with Gasteiger partial charge in [-0.3, -0.25) is 14.6 Å². The van der Waals surface area contributed by atoms with Gasteiger partial charge >= 0.3 is 0 Å². The molecule has 0 saturated carbocycles. The maximum absolute atomic E-state index is 12.2. The van der Waals surface area contributed by atoms with Crippen molar-refractivity contribution in [3.8, 4) is 11.5 Å². The zero-order valence-electron chi connectivity index (χ0n) is 17.2. The number of anilines is 1. The Morgan fingerprint density at radius 1 is 1.06 bits per heavy atom. The predicted molar refractivity (Wildman–Crippen MR) is 118 cm³/mol. The minimum atomic E-state index is -0.342. The number of aryl methyl sites for hydroxylation is 1. The fraction of sp³-hybridized carbons (Fsp3) is 0.130. The first-order valence-electron chi connectivity index (χ1n) is 9.46.